The minimum Gasteiger partial charge on any atom is -0.465 e. The van der Waals surface area contributed by atoms with E-state index >= 15 is 0 Å². The fraction of sp³-hybridized carbons (Fsp3) is 0.933. The second-order valence-corrected chi connectivity index (χ2v) is 6.75. The quantitative estimate of drug-likeness (QED) is 0.702. The van der Waals surface area contributed by atoms with Crippen molar-refractivity contribution < 1.29 is 9.53 Å². The molecule has 4 rings (SSSR count). The Kier molecular flexibility index (Phi) is 2.72. The second-order valence-electron chi connectivity index (χ2n) is 6.75. The molecule has 2 heteroatoms. The van der Waals surface area contributed by atoms with Crippen LogP contribution in [-0.2, 0) is 9.53 Å². The van der Waals surface area contributed by atoms with Crippen molar-refractivity contribution in [3.63, 3.8) is 0 Å². The third-order valence-corrected chi connectivity index (χ3v) is 5.61. The summed E-state index contributed by atoms with van der Waals surface area (Å²) >= 11 is 0. The number of hydrogen-bond donors (Lipinski definition) is 0. The molecule has 0 saturated heterocycles. The van der Waals surface area contributed by atoms with E-state index in [4.69, 9.17) is 4.74 Å². The Morgan fingerprint density at radius 2 is 1.88 bits per heavy atom. The first kappa shape index (κ1) is 11.6. The Hall–Kier alpha value is -0.530. The molecule has 4 aliphatic rings. The summed E-state index contributed by atoms with van der Waals surface area (Å²) in [6, 6.07) is 0. The van der Waals surface area contributed by atoms with Gasteiger partial charge in [-0.05, 0) is 62.2 Å². The van der Waals surface area contributed by atoms with Crippen LogP contribution in [0.15, 0.2) is 0 Å². The number of esters is 1. The van der Waals surface area contributed by atoms with Gasteiger partial charge in [-0.15, -0.1) is 0 Å². The number of ether oxygens (including phenoxy) is 1. The van der Waals surface area contributed by atoms with Gasteiger partial charge < -0.3 is 4.74 Å². The van der Waals surface area contributed by atoms with E-state index in [0.29, 0.717) is 6.61 Å². The average molecular weight is 236 g/mol. The van der Waals surface area contributed by atoms with Crippen LogP contribution in [0.3, 0.4) is 0 Å². The van der Waals surface area contributed by atoms with Gasteiger partial charge in [0.05, 0.1) is 12.0 Å². The van der Waals surface area contributed by atoms with Crippen LogP contribution in [0.2, 0.25) is 0 Å². The van der Waals surface area contributed by atoms with Crippen LogP contribution >= 0.6 is 0 Å². The van der Waals surface area contributed by atoms with Gasteiger partial charge in [0.25, 0.3) is 0 Å². The molecule has 0 spiro atoms. The van der Waals surface area contributed by atoms with Crippen molar-refractivity contribution in [3.8, 4) is 0 Å². The highest BCUT2D eigenvalue weighted by molar-refractivity contribution is 5.77. The lowest BCUT2D eigenvalue weighted by molar-refractivity contribution is -0.176. The lowest BCUT2D eigenvalue weighted by atomic mass is 9.46. The van der Waals surface area contributed by atoms with Crippen LogP contribution in [0.25, 0.3) is 0 Å². The summed E-state index contributed by atoms with van der Waals surface area (Å²) in [4.78, 5) is 12.3. The summed E-state index contributed by atoms with van der Waals surface area (Å²) in [6.07, 6.45) is 7.04. The van der Waals surface area contributed by atoms with E-state index < -0.39 is 0 Å². The highest BCUT2D eigenvalue weighted by Crippen LogP contribution is 2.62. The van der Waals surface area contributed by atoms with Crippen molar-refractivity contribution >= 4 is 5.97 Å². The molecule has 0 radical (unpaired) electrons. The van der Waals surface area contributed by atoms with Crippen LogP contribution in [0.4, 0.5) is 0 Å². The molecule has 4 bridgehead atoms. The monoisotopic (exact) mass is 236 g/mol. The van der Waals surface area contributed by atoms with E-state index in [9.17, 15) is 4.79 Å². The molecule has 0 amide bonds. The van der Waals surface area contributed by atoms with Crippen LogP contribution in [0, 0.1) is 29.1 Å². The summed E-state index contributed by atoms with van der Waals surface area (Å²) in [7, 11) is 0. The molecular weight excluding hydrogens is 212 g/mol. The molecule has 0 aliphatic heterocycles. The number of rotatable bonds is 3. The van der Waals surface area contributed by atoms with Gasteiger partial charge in [-0.3, -0.25) is 4.79 Å². The third-order valence-electron chi connectivity index (χ3n) is 5.61. The molecule has 4 saturated carbocycles. The summed E-state index contributed by atoms with van der Waals surface area (Å²) in [6.45, 7) is 5.07. The second kappa shape index (κ2) is 4.00. The molecule has 17 heavy (non-hydrogen) atoms. The largest absolute Gasteiger partial charge is 0.465 e. The highest BCUT2D eigenvalue weighted by Gasteiger charge is 2.57. The normalized spacial score (nSPS) is 47.2. The van der Waals surface area contributed by atoms with Crippen LogP contribution in [-0.4, -0.2) is 12.6 Å². The summed E-state index contributed by atoms with van der Waals surface area (Å²) in [5.41, 5.74) is -0.0713. The van der Waals surface area contributed by atoms with Gasteiger partial charge in [-0.1, -0.05) is 13.8 Å². The molecule has 4 aliphatic carbocycles. The Morgan fingerprint density at radius 3 is 2.47 bits per heavy atom. The molecule has 0 aromatic heterocycles. The maximum absolute atomic E-state index is 12.3. The third kappa shape index (κ3) is 1.71. The van der Waals surface area contributed by atoms with Gasteiger partial charge in [-0.2, -0.15) is 0 Å². The zero-order chi connectivity index (χ0) is 12.0. The summed E-state index contributed by atoms with van der Waals surface area (Å²) in [5.74, 6) is 3.40. The van der Waals surface area contributed by atoms with Gasteiger partial charge in [0, 0.05) is 0 Å². The predicted molar refractivity (Wildman–Crippen MR) is 66.4 cm³/mol. The number of carbonyl (C=O) groups is 1. The van der Waals surface area contributed by atoms with Gasteiger partial charge in [0.1, 0.15) is 0 Å². The van der Waals surface area contributed by atoms with E-state index in [1.165, 1.54) is 12.8 Å². The van der Waals surface area contributed by atoms with Crippen LogP contribution in [0.5, 0.6) is 0 Å². The Morgan fingerprint density at radius 1 is 1.24 bits per heavy atom. The average Bonchev–Trinajstić information content (AvgIpc) is 2.31. The van der Waals surface area contributed by atoms with E-state index in [1.807, 2.05) is 0 Å². The predicted octanol–water partition coefficient (Wildman–Crippen LogP) is 3.40. The summed E-state index contributed by atoms with van der Waals surface area (Å²) < 4.78 is 5.47. The first-order valence-electron chi connectivity index (χ1n) is 7.32. The molecule has 0 aromatic rings. The first-order valence-corrected chi connectivity index (χ1v) is 7.32. The maximum atomic E-state index is 12.3. The zero-order valence-electron chi connectivity index (χ0n) is 11.1. The molecule has 96 valence electrons. The van der Waals surface area contributed by atoms with Crippen molar-refractivity contribution in [1.29, 1.82) is 0 Å². The molecule has 2 nitrogen and oxygen atoms in total. The van der Waals surface area contributed by atoms with Crippen molar-refractivity contribution in [2.24, 2.45) is 29.1 Å². The highest BCUT2D eigenvalue weighted by atomic mass is 16.5. The van der Waals surface area contributed by atoms with Crippen molar-refractivity contribution in [2.45, 2.75) is 52.4 Å². The minimum absolute atomic E-state index is 0.0713. The lowest BCUT2D eigenvalue weighted by Gasteiger charge is -2.58. The SMILES string of the molecule is CCCOC(=O)C12CC3CC(C1)C(C)C(C3)C2. The fourth-order valence-corrected chi connectivity index (χ4v) is 4.88. The zero-order valence-corrected chi connectivity index (χ0v) is 11.1. The maximum Gasteiger partial charge on any atom is 0.312 e. The van der Waals surface area contributed by atoms with E-state index in [1.54, 1.807) is 0 Å². The topological polar surface area (TPSA) is 26.3 Å². The van der Waals surface area contributed by atoms with Gasteiger partial charge in [0.2, 0.25) is 0 Å². The number of hydrogen-bond acceptors (Lipinski definition) is 2. The fourth-order valence-electron chi connectivity index (χ4n) is 4.88. The van der Waals surface area contributed by atoms with Gasteiger partial charge in [0.15, 0.2) is 0 Å². The van der Waals surface area contributed by atoms with E-state index in [0.717, 1.165) is 49.4 Å². The van der Waals surface area contributed by atoms with Crippen molar-refractivity contribution in [1.82, 2.24) is 0 Å². The molecule has 2 atom stereocenters. The molecule has 0 N–H and O–H groups in total. The first-order chi connectivity index (χ1) is 8.14. The van der Waals surface area contributed by atoms with Crippen LogP contribution in [0.1, 0.15) is 52.4 Å². The van der Waals surface area contributed by atoms with Crippen molar-refractivity contribution in [2.75, 3.05) is 6.61 Å². The lowest BCUT2D eigenvalue weighted by Crippen LogP contribution is -2.53. The number of carbonyl (C=O) groups excluding carboxylic acids is 1. The molecule has 4 fully saturated rings. The van der Waals surface area contributed by atoms with E-state index in [-0.39, 0.29) is 11.4 Å². The molecule has 0 heterocycles. The Bertz CT molecular complexity index is 307. The van der Waals surface area contributed by atoms with Gasteiger partial charge in [-0.25, -0.2) is 0 Å². The molecule has 0 aromatic carbocycles. The summed E-state index contributed by atoms with van der Waals surface area (Å²) in [5, 5.41) is 0. The standard InChI is InChI=1S/C15H24O2/c1-3-4-17-14(16)15-7-11-5-12(8-15)10(2)13(6-11)9-15/h10-13H,3-9H2,1-2H3. The Balaban J connectivity index is 1.78. The Labute approximate surface area is 104 Å². The molecular formula is C15H24O2. The van der Waals surface area contributed by atoms with E-state index in [2.05, 4.69) is 13.8 Å². The van der Waals surface area contributed by atoms with Crippen LogP contribution < -0.4 is 0 Å². The van der Waals surface area contributed by atoms with Gasteiger partial charge >= 0.3 is 5.97 Å². The minimum atomic E-state index is -0.0713. The molecule has 2 unspecified atom stereocenters. The smallest absolute Gasteiger partial charge is 0.312 e. The van der Waals surface area contributed by atoms with Crippen molar-refractivity contribution in [3.05, 3.63) is 0 Å².